The maximum absolute atomic E-state index is 10.4. The van der Waals surface area contributed by atoms with E-state index in [1.165, 1.54) is 0 Å². The molecule has 2 aromatic carbocycles. The molecule has 0 fully saturated rings. The zero-order chi connectivity index (χ0) is 9.80. The van der Waals surface area contributed by atoms with Gasteiger partial charge in [-0.1, -0.05) is 29.8 Å². The van der Waals surface area contributed by atoms with Gasteiger partial charge in [0.25, 0.3) is 0 Å². The molecule has 0 aliphatic rings. The molecule has 74 valence electrons. The summed E-state index contributed by atoms with van der Waals surface area (Å²) in [7, 11) is 0. The fraction of sp³-hybridized carbons (Fsp3) is 0. The Bertz CT molecular complexity index is 420. The number of hydrogen-bond acceptors (Lipinski definition) is 1. The molecular weight excluding hydrogens is 356 g/mol. The van der Waals surface area contributed by atoms with E-state index in [9.17, 15) is 4.79 Å². The molecule has 0 radical (unpaired) electrons. The summed E-state index contributed by atoms with van der Waals surface area (Å²) in [4.78, 5) is 10.4. The molecule has 0 aliphatic carbocycles. The standard InChI is InChI=1S/C13H9O.W/c14-10-11-6-8-13(9-7-11)12-4-2-1-3-5-12;/h1-4,6-10H;/q-1;. The summed E-state index contributed by atoms with van der Waals surface area (Å²) in [5, 5.41) is 0. The second-order valence-electron chi connectivity index (χ2n) is 3.02. The third kappa shape index (κ3) is 2.87. The van der Waals surface area contributed by atoms with Gasteiger partial charge in [0.05, 0.1) is 0 Å². The zero-order valence-electron chi connectivity index (χ0n) is 8.01. The van der Waals surface area contributed by atoms with Gasteiger partial charge in [0.2, 0.25) is 0 Å². The summed E-state index contributed by atoms with van der Waals surface area (Å²) in [5.74, 6) is 0. The Labute approximate surface area is 103 Å². The van der Waals surface area contributed by atoms with Crippen LogP contribution < -0.4 is 0 Å². The second kappa shape index (κ2) is 5.62. The first-order valence-electron chi connectivity index (χ1n) is 4.42. The van der Waals surface area contributed by atoms with Crippen LogP contribution in [-0.2, 0) is 21.1 Å². The molecule has 0 heterocycles. The maximum atomic E-state index is 10.4. The molecule has 0 aromatic heterocycles. The molecule has 0 aliphatic heterocycles. The quantitative estimate of drug-likeness (QED) is 0.591. The molecule has 2 heteroatoms. The Balaban J connectivity index is 0.00000112. The zero-order valence-corrected chi connectivity index (χ0v) is 10.9. The van der Waals surface area contributed by atoms with Crippen LogP contribution in [0.3, 0.4) is 0 Å². The Kier molecular flexibility index (Phi) is 4.45. The normalized spacial score (nSPS) is 9.07. The molecule has 0 N–H and O–H groups in total. The number of aldehydes is 1. The van der Waals surface area contributed by atoms with Crippen molar-refractivity contribution < 1.29 is 25.9 Å². The molecule has 0 saturated carbocycles. The molecular formula is C13H9OW-. The van der Waals surface area contributed by atoms with Gasteiger partial charge in [-0.3, -0.25) is 4.79 Å². The Hall–Kier alpha value is -1.20. The number of benzene rings is 2. The van der Waals surface area contributed by atoms with Crippen LogP contribution in [0.1, 0.15) is 10.4 Å². The largest absolute Gasteiger partial charge is 0.298 e. The molecule has 2 aromatic rings. The molecule has 0 unspecified atom stereocenters. The van der Waals surface area contributed by atoms with Crippen molar-refractivity contribution in [1.29, 1.82) is 0 Å². The van der Waals surface area contributed by atoms with Gasteiger partial charge in [0.15, 0.2) is 0 Å². The summed E-state index contributed by atoms with van der Waals surface area (Å²) < 4.78 is 0. The molecule has 0 amide bonds. The van der Waals surface area contributed by atoms with Gasteiger partial charge in [-0.05, 0) is 0 Å². The Morgan fingerprint density at radius 2 is 1.73 bits per heavy atom. The van der Waals surface area contributed by atoms with Crippen LogP contribution in [0.15, 0.2) is 48.5 Å². The van der Waals surface area contributed by atoms with Gasteiger partial charge in [-0.25, -0.2) is 0 Å². The topological polar surface area (TPSA) is 17.1 Å². The van der Waals surface area contributed by atoms with E-state index < -0.39 is 0 Å². The van der Waals surface area contributed by atoms with Gasteiger partial charge in [-0.2, -0.15) is 0 Å². The molecule has 1 nitrogen and oxygen atoms in total. The van der Waals surface area contributed by atoms with E-state index in [-0.39, 0.29) is 21.1 Å². The Morgan fingerprint density at radius 1 is 1.00 bits per heavy atom. The minimum absolute atomic E-state index is 0. The first kappa shape index (κ1) is 11.9. The van der Waals surface area contributed by atoms with Gasteiger partial charge in [0.1, 0.15) is 6.29 Å². The van der Waals surface area contributed by atoms with E-state index in [0.29, 0.717) is 5.56 Å². The van der Waals surface area contributed by atoms with E-state index in [1.807, 2.05) is 48.5 Å². The van der Waals surface area contributed by atoms with Crippen LogP contribution in [0.4, 0.5) is 0 Å². The van der Waals surface area contributed by atoms with Crippen molar-refractivity contribution in [2.45, 2.75) is 0 Å². The van der Waals surface area contributed by atoms with Crippen molar-refractivity contribution in [2.75, 3.05) is 0 Å². The van der Waals surface area contributed by atoms with Gasteiger partial charge in [-0.15, -0.1) is 35.9 Å². The van der Waals surface area contributed by atoms with E-state index in [4.69, 9.17) is 0 Å². The molecule has 2 rings (SSSR count). The summed E-state index contributed by atoms with van der Waals surface area (Å²) in [6, 6.07) is 18.4. The van der Waals surface area contributed by atoms with Crippen LogP contribution in [0.5, 0.6) is 0 Å². The number of carbonyl (C=O) groups excluding carboxylic acids is 1. The van der Waals surface area contributed by atoms with E-state index in [2.05, 4.69) is 6.07 Å². The van der Waals surface area contributed by atoms with Crippen LogP contribution in [0, 0.1) is 6.07 Å². The number of hydrogen-bond donors (Lipinski definition) is 0. The second-order valence-corrected chi connectivity index (χ2v) is 3.02. The maximum Gasteiger partial charge on any atom is 0.149 e. The predicted molar refractivity (Wildman–Crippen MR) is 56.1 cm³/mol. The average molecular weight is 365 g/mol. The molecule has 0 atom stereocenters. The summed E-state index contributed by atoms with van der Waals surface area (Å²) >= 11 is 0. The fourth-order valence-corrected chi connectivity index (χ4v) is 1.31. The van der Waals surface area contributed by atoms with Crippen molar-refractivity contribution >= 4 is 6.29 Å². The van der Waals surface area contributed by atoms with Gasteiger partial charge < -0.3 is 0 Å². The smallest absolute Gasteiger partial charge is 0.149 e. The predicted octanol–water partition coefficient (Wildman–Crippen LogP) is 2.96. The van der Waals surface area contributed by atoms with Gasteiger partial charge >= 0.3 is 0 Å². The minimum Gasteiger partial charge on any atom is -0.298 e. The molecule has 0 bridgehead atoms. The van der Waals surface area contributed by atoms with E-state index in [0.717, 1.165) is 17.4 Å². The number of rotatable bonds is 2. The first-order valence-corrected chi connectivity index (χ1v) is 4.42. The third-order valence-electron chi connectivity index (χ3n) is 2.07. The van der Waals surface area contributed by atoms with Crippen molar-refractivity contribution in [3.05, 3.63) is 60.2 Å². The third-order valence-corrected chi connectivity index (χ3v) is 2.07. The van der Waals surface area contributed by atoms with E-state index in [1.54, 1.807) is 0 Å². The Morgan fingerprint density at radius 3 is 2.27 bits per heavy atom. The van der Waals surface area contributed by atoms with Crippen molar-refractivity contribution in [3.63, 3.8) is 0 Å². The van der Waals surface area contributed by atoms with Crippen LogP contribution in [-0.4, -0.2) is 6.29 Å². The summed E-state index contributed by atoms with van der Waals surface area (Å²) in [6.07, 6.45) is 0.846. The summed E-state index contributed by atoms with van der Waals surface area (Å²) in [6.45, 7) is 0. The minimum atomic E-state index is 0. The molecule has 0 spiro atoms. The van der Waals surface area contributed by atoms with Gasteiger partial charge in [0, 0.05) is 26.6 Å². The molecule has 15 heavy (non-hydrogen) atoms. The fourth-order valence-electron chi connectivity index (χ4n) is 1.31. The van der Waals surface area contributed by atoms with E-state index >= 15 is 0 Å². The van der Waals surface area contributed by atoms with Crippen molar-refractivity contribution in [3.8, 4) is 11.1 Å². The SMILES string of the molecule is O=Cc1ccc(-c2[c-]cccc2)cc1.[W]. The number of carbonyl (C=O) groups is 1. The average Bonchev–Trinajstić information content (AvgIpc) is 2.30. The van der Waals surface area contributed by atoms with Crippen molar-refractivity contribution in [2.24, 2.45) is 0 Å². The summed E-state index contributed by atoms with van der Waals surface area (Å²) in [5.41, 5.74) is 2.82. The van der Waals surface area contributed by atoms with Crippen LogP contribution in [0.25, 0.3) is 11.1 Å². The first-order chi connectivity index (χ1) is 6.90. The monoisotopic (exact) mass is 365 g/mol. The van der Waals surface area contributed by atoms with Crippen LogP contribution >= 0.6 is 0 Å². The van der Waals surface area contributed by atoms with Crippen LogP contribution in [0.2, 0.25) is 0 Å². The van der Waals surface area contributed by atoms with Crippen molar-refractivity contribution in [1.82, 2.24) is 0 Å². The molecule has 0 saturated heterocycles.